The van der Waals surface area contributed by atoms with E-state index in [0.29, 0.717) is 17.8 Å². The van der Waals surface area contributed by atoms with E-state index >= 15 is 0 Å². The van der Waals surface area contributed by atoms with Gasteiger partial charge in [0.25, 0.3) is 10.0 Å². The molecule has 0 unspecified atom stereocenters. The lowest BCUT2D eigenvalue weighted by Crippen LogP contribution is -2.27. The van der Waals surface area contributed by atoms with Crippen LogP contribution in [0.3, 0.4) is 0 Å². The van der Waals surface area contributed by atoms with Gasteiger partial charge >= 0.3 is 0 Å². The maximum atomic E-state index is 13.1. The summed E-state index contributed by atoms with van der Waals surface area (Å²) in [6.07, 6.45) is 0. The lowest BCUT2D eigenvalue weighted by molar-refractivity contribution is 0.592. The van der Waals surface area contributed by atoms with Gasteiger partial charge in [-0.2, -0.15) is 0 Å². The van der Waals surface area contributed by atoms with Gasteiger partial charge in [-0.3, -0.25) is 4.31 Å². The molecule has 2 rings (SSSR count). The molecule has 0 saturated heterocycles. The summed E-state index contributed by atoms with van der Waals surface area (Å²) in [6.45, 7) is 1.90. The van der Waals surface area contributed by atoms with Gasteiger partial charge in [0.2, 0.25) is 0 Å². The minimum Gasteiger partial charge on any atom is -0.326 e. The zero-order chi connectivity index (χ0) is 15.6. The van der Waals surface area contributed by atoms with E-state index in [-0.39, 0.29) is 4.90 Å². The molecular weight excluding hydrogens is 291 g/mol. The molecule has 0 aromatic heterocycles. The molecule has 0 aliphatic heterocycles. The molecule has 2 aromatic rings. The van der Waals surface area contributed by atoms with Crippen LogP contribution in [-0.2, 0) is 16.6 Å². The Morgan fingerprint density at radius 3 is 2.52 bits per heavy atom. The van der Waals surface area contributed by atoms with Crippen molar-refractivity contribution in [1.82, 2.24) is 0 Å². The predicted molar refractivity (Wildman–Crippen MR) is 81.1 cm³/mol. The molecule has 0 fully saturated rings. The molecule has 0 aliphatic carbocycles. The first-order valence-corrected chi connectivity index (χ1v) is 7.84. The second-order valence-corrected chi connectivity index (χ2v) is 6.69. The number of hydrogen-bond donors (Lipinski definition) is 1. The first kappa shape index (κ1) is 15.5. The van der Waals surface area contributed by atoms with Gasteiger partial charge in [-0.25, -0.2) is 12.8 Å². The van der Waals surface area contributed by atoms with Crippen molar-refractivity contribution in [2.75, 3.05) is 11.4 Å². The Kier molecular flexibility index (Phi) is 4.29. The molecule has 0 aliphatic rings. The maximum Gasteiger partial charge on any atom is 0.264 e. The summed E-state index contributed by atoms with van der Waals surface area (Å²) in [5, 5.41) is 0. The Morgan fingerprint density at radius 1 is 1.19 bits per heavy atom. The number of benzene rings is 2. The highest BCUT2D eigenvalue weighted by atomic mass is 32.2. The Bertz CT molecular complexity index is 760. The highest BCUT2D eigenvalue weighted by Crippen LogP contribution is 2.25. The molecule has 0 heterocycles. The molecule has 0 amide bonds. The van der Waals surface area contributed by atoms with Crippen LogP contribution in [0.2, 0.25) is 0 Å². The van der Waals surface area contributed by atoms with Gasteiger partial charge in [0.15, 0.2) is 0 Å². The topological polar surface area (TPSA) is 63.4 Å². The van der Waals surface area contributed by atoms with Crippen molar-refractivity contribution in [1.29, 1.82) is 0 Å². The summed E-state index contributed by atoms with van der Waals surface area (Å²) in [4.78, 5) is 0.0875. The summed E-state index contributed by atoms with van der Waals surface area (Å²) in [5.74, 6) is -0.459. The molecule has 0 bridgehead atoms. The lowest BCUT2D eigenvalue weighted by Gasteiger charge is -2.21. The summed E-state index contributed by atoms with van der Waals surface area (Å²) in [6, 6.07) is 10.6. The molecule has 21 heavy (non-hydrogen) atoms. The van der Waals surface area contributed by atoms with Crippen LogP contribution in [-0.4, -0.2) is 15.5 Å². The van der Waals surface area contributed by atoms with Crippen molar-refractivity contribution >= 4 is 15.7 Å². The third-order valence-electron chi connectivity index (χ3n) is 3.29. The van der Waals surface area contributed by atoms with E-state index in [4.69, 9.17) is 5.73 Å². The number of nitrogens with zero attached hydrogens (tertiary/aromatic N) is 1. The second-order valence-electron chi connectivity index (χ2n) is 4.76. The van der Waals surface area contributed by atoms with Gasteiger partial charge in [-0.05, 0) is 48.4 Å². The highest BCUT2D eigenvalue weighted by Gasteiger charge is 2.23. The van der Waals surface area contributed by atoms with E-state index in [0.717, 1.165) is 11.6 Å². The Labute approximate surface area is 124 Å². The van der Waals surface area contributed by atoms with Crippen molar-refractivity contribution < 1.29 is 12.8 Å². The largest absolute Gasteiger partial charge is 0.326 e. The summed E-state index contributed by atoms with van der Waals surface area (Å²) >= 11 is 0. The van der Waals surface area contributed by atoms with E-state index in [1.54, 1.807) is 25.1 Å². The average molecular weight is 308 g/mol. The van der Waals surface area contributed by atoms with E-state index < -0.39 is 15.8 Å². The fourth-order valence-electron chi connectivity index (χ4n) is 2.07. The highest BCUT2D eigenvalue weighted by molar-refractivity contribution is 7.92. The van der Waals surface area contributed by atoms with Crippen LogP contribution in [0.15, 0.2) is 47.4 Å². The normalized spacial score (nSPS) is 11.4. The fourth-order valence-corrected chi connectivity index (χ4v) is 3.46. The van der Waals surface area contributed by atoms with Gasteiger partial charge in [0, 0.05) is 13.6 Å². The molecule has 2 N–H and O–H groups in total. The zero-order valence-electron chi connectivity index (χ0n) is 11.9. The number of halogens is 1. The molecule has 112 valence electrons. The molecular formula is C15H17FN2O2S. The van der Waals surface area contributed by atoms with Crippen molar-refractivity contribution in [2.24, 2.45) is 5.73 Å². The van der Waals surface area contributed by atoms with E-state index in [9.17, 15) is 12.8 Å². The monoisotopic (exact) mass is 308 g/mol. The van der Waals surface area contributed by atoms with Crippen LogP contribution in [0.1, 0.15) is 11.1 Å². The van der Waals surface area contributed by atoms with Crippen LogP contribution in [0.4, 0.5) is 10.1 Å². The van der Waals surface area contributed by atoms with Crippen molar-refractivity contribution in [3.05, 3.63) is 59.4 Å². The molecule has 0 atom stereocenters. The van der Waals surface area contributed by atoms with E-state index in [1.165, 1.54) is 23.5 Å². The minimum atomic E-state index is -3.74. The Morgan fingerprint density at radius 2 is 1.90 bits per heavy atom. The number of nitrogens with two attached hydrogens (primary N) is 1. The van der Waals surface area contributed by atoms with Crippen LogP contribution in [0.5, 0.6) is 0 Å². The smallest absolute Gasteiger partial charge is 0.264 e. The van der Waals surface area contributed by atoms with Crippen molar-refractivity contribution in [2.45, 2.75) is 18.4 Å². The quantitative estimate of drug-likeness (QED) is 0.943. The third kappa shape index (κ3) is 3.06. The fraction of sp³-hybridized carbons (Fsp3) is 0.200. The number of rotatable bonds is 4. The summed E-state index contributed by atoms with van der Waals surface area (Å²) in [7, 11) is -2.27. The number of hydrogen-bond acceptors (Lipinski definition) is 3. The Balaban J connectivity index is 2.47. The summed E-state index contributed by atoms with van der Waals surface area (Å²) < 4.78 is 39.6. The molecule has 6 heteroatoms. The van der Waals surface area contributed by atoms with Gasteiger partial charge in [-0.15, -0.1) is 0 Å². The van der Waals surface area contributed by atoms with E-state index in [2.05, 4.69) is 0 Å². The van der Waals surface area contributed by atoms with E-state index in [1.807, 2.05) is 6.07 Å². The van der Waals surface area contributed by atoms with Gasteiger partial charge < -0.3 is 5.73 Å². The van der Waals surface area contributed by atoms with Gasteiger partial charge in [-0.1, -0.05) is 12.1 Å². The van der Waals surface area contributed by atoms with Crippen molar-refractivity contribution in [3.8, 4) is 0 Å². The maximum absolute atomic E-state index is 13.1. The molecule has 0 saturated carbocycles. The molecule has 0 spiro atoms. The van der Waals surface area contributed by atoms with Crippen molar-refractivity contribution in [3.63, 3.8) is 0 Å². The molecule has 4 nitrogen and oxygen atoms in total. The second kappa shape index (κ2) is 5.83. The molecule has 0 radical (unpaired) electrons. The zero-order valence-corrected chi connectivity index (χ0v) is 12.7. The lowest BCUT2D eigenvalue weighted by atomic mass is 10.2. The van der Waals surface area contributed by atoms with Crippen LogP contribution >= 0.6 is 0 Å². The molecule has 2 aromatic carbocycles. The first-order chi connectivity index (χ1) is 9.86. The standard InChI is InChI=1S/C15H17FN2O2S/c1-11-8-13(16)6-7-15(11)21(19,20)18(2)14-5-3-4-12(9-14)10-17/h3-9H,10,17H2,1-2H3. The number of sulfonamides is 1. The number of anilines is 1. The van der Waals surface area contributed by atoms with Gasteiger partial charge in [0.05, 0.1) is 10.6 Å². The SMILES string of the molecule is Cc1cc(F)ccc1S(=O)(=O)N(C)c1cccc(CN)c1. The van der Waals surface area contributed by atoms with Crippen LogP contribution in [0, 0.1) is 12.7 Å². The van der Waals surface area contributed by atoms with Crippen LogP contribution < -0.4 is 10.0 Å². The summed E-state index contributed by atoms with van der Waals surface area (Å²) in [5.41, 5.74) is 7.30. The van der Waals surface area contributed by atoms with Gasteiger partial charge in [0.1, 0.15) is 5.82 Å². The predicted octanol–water partition coefficient (Wildman–Crippen LogP) is 2.42. The Hall–Kier alpha value is -1.92. The first-order valence-electron chi connectivity index (χ1n) is 6.40. The number of aryl methyl sites for hydroxylation is 1. The third-order valence-corrected chi connectivity index (χ3v) is 5.23. The van der Waals surface area contributed by atoms with Crippen LogP contribution in [0.25, 0.3) is 0 Å². The average Bonchev–Trinajstić information content (AvgIpc) is 2.46. The minimum absolute atomic E-state index is 0.0875.